The average Bonchev–Trinajstić information content (AvgIpc) is 2.30. The zero-order chi connectivity index (χ0) is 10.7. The molecule has 0 fully saturated rings. The highest BCUT2D eigenvalue weighted by molar-refractivity contribution is 6.06. The van der Waals surface area contributed by atoms with Gasteiger partial charge in [0, 0.05) is 29.8 Å². The van der Waals surface area contributed by atoms with Crippen LogP contribution < -0.4 is 0 Å². The molecule has 0 bridgehead atoms. The van der Waals surface area contributed by atoms with Crippen LogP contribution in [0.25, 0.3) is 0 Å². The van der Waals surface area contributed by atoms with E-state index in [1.165, 1.54) is 6.20 Å². The van der Waals surface area contributed by atoms with Crippen LogP contribution in [0.1, 0.15) is 21.9 Å². The number of carbonyl (C=O) groups excluding carboxylic acids is 1. The Labute approximate surface area is 87.0 Å². The molecule has 0 unspecified atom stereocenters. The molecule has 2 aromatic heterocycles. The number of aromatic nitrogens is 3. The molecule has 4 nitrogen and oxygen atoms in total. The smallest absolute Gasteiger partial charge is 0.231 e. The summed E-state index contributed by atoms with van der Waals surface area (Å²) in [6, 6.07) is 5.18. The van der Waals surface area contributed by atoms with Crippen molar-refractivity contribution in [3.63, 3.8) is 0 Å². The number of ketones is 1. The number of pyridine rings is 1. The fraction of sp³-hybridized carbons (Fsp3) is 0.0909. The summed E-state index contributed by atoms with van der Waals surface area (Å²) in [6.07, 6.45) is 4.62. The Balaban J connectivity index is 2.33. The third kappa shape index (κ3) is 2.04. The van der Waals surface area contributed by atoms with E-state index in [2.05, 4.69) is 15.0 Å². The lowest BCUT2D eigenvalue weighted by Crippen LogP contribution is -2.06. The first kappa shape index (κ1) is 9.45. The van der Waals surface area contributed by atoms with Crippen LogP contribution in [0.5, 0.6) is 0 Å². The Hall–Kier alpha value is -2.10. The molecule has 74 valence electrons. The van der Waals surface area contributed by atoms with Crippen LogP contribution in [0.4, 0.5) is 0 Å². The molecule has 0 aliphatic heterocycles. The first-order valence-corrected chi connectivity index (χ1v) is 4.52. The maximum Gasteiger partial charge on any atom is 0.231 e. The van der Waals surface area contributed by atoms with Gasteiger partial charge in [-0.2, -0.15) is 0 Å². The molecule has 15 heavy (non-hydrogen) atoms. The van der Waals surface area contributed by atoms with Crippen molar-refractivity contribution < 1.29 is 4.79 Å². The van der Waals surface area contributed by atoms with Crippen LogP contribution in [0, 0.1) is 6.92 Å². The Kier molecular flexibility index (Phi) is 2.49. The van der Waals surface area contributed by atoms with Gasteiger partial charge in [0.1, 0.15) is 0 Å². The minimum atomic E-state index is -0.205. The topological polar surface area (TPSA) is 55.7 Å². The van der Waals surface area contributed by atoms with Crippen LogP contribution >= 0.6 is 0 Å². The van der Waals surface area contributed by atoms with E-state index in [1.807, 2.05) is 6.92 Å². The number of carbonyl (C=O) groups is 1. The molecule has 0 saturated carbocycles. The van der Waals surface area contributed by atoms with Crippen LogP contribution in [0.2, 0.25) is 0 Å². The largest absolute Gasteiger partial charge is 0.285 e. The van der Waals surface area contributed by atoms with Gasteiger partial charge in [-0.15, -0.1) is 0 Å². The minimum Gasteiger partial charge on any atom is -0.285 e. The lowest BCUT2D eigenvalue weighted by atomic mass is 10.1. The molecule has 2 rings (SSSR count). The van der Waals surface area contributed by atoms with Crippen molar-refractivity contribution in [2.24, 2.45) is 0 Å². The van der Waals surface area contributed by atoms with Gasteiger partial charge in [0.2, 0.25) is 11.6 Å². The SMILES string of the molecule is Cc1ccc(C(=O)c2ncccn2)cn1. The molecule has 0 saturated heterocycles. The number of rotatable bonds is 2. The fourth-order valence-electron chi connectivity index (χ4n) is 1.15. The number of hydrogen-bond donors (Lipinski definition) is 0. The van der Waals surface area contributed by atoms with E-state index in [9.17, 15) is 4.79 Å². The van der Waals surface area contributed by atoms with Crippen molar-refractivity contribution in [3.8, 4) is 0 Å². The van der Waals surface area contributed by atoms with Crippen molar-refractivity contribution in [3.05, 3.63) is 53.9 Å². The summed E-state index contributed by atoms with van der Waals surface area (Å²) in [4.78, 5) is 23.6. The molecule has 0 aromatic carbocycles. The van der Waals surface area contributed by atoms with Gasteiger partial charge in [0.25, 0.3) is 0 Å². The van der Waals surface area contributed by atoms with E-state index in [0.29, 0.717) is 5.56 Å². The predicted molar refractivity (Wildman–Crippen MR) is 54.4 cm³/mol. The molecule has 0 spiro atoms. The summed E-state index contributed by atoms with van der Waals surface area (Å²) in [5, 5.41) is 0. The van der Waals surface area contributed by atoms with Crippen molar-refractivity contribution in [2.75, 3.05) is 0 Å². The second kappa shape index (κ2) is 3.96. The summed E-state index contributed by atoms with van der Waals surface area (Å²) in [7, 11) is 0. The Bertz CT molecular complexity index is 465. The Morgan fingerprint density at radius 3 is 2.47 bits per heavy atom. The van der Waals surface area contributed by atoms with Crippen LogP contribution in [0.15, 0.2) is 36.8 Å². The third-order valence-corrected chi connectivity index (χ3v) is 1.94. The van der Waals surface area contributed by atoms with E-state index in [0.717, 1.165) is 5.69 Å². The van der Waals surface area contributed by atoms with Gasteiger partial charge in [-0.1, -0.05) is 0 Å². The average molecular weight is 199 g/mol. The molecule has 2 aromatic rings. The van der Waals surface area contributed by atoms with Gasteiger partial charge in [-0.05, 0) is 25.1 Å². The van der Waals surface area contributed by atoms with E-state index in [4.69, 9.17) is 0 Å². The lowest BCUT2D eigenvalue weighted by molar-refractivity contribution is 0.102. The standard InChI is InChI=1S/C11H9N3O/c1-8-3-4-9(7-14-8)10(15)11-12-5-2-6-13-11/h2-7H,1H3. The van der Waals surface area contributed by atoms with Crippen LogP contribution in [0.3, 0.4) is 0 Å². The summed E-state index contributed by atoms with van der Waals surface area (Å²) in [6.45, 7) is 1.87. The van der Waals surface area contributed by atoms with Crippen molar-refractivity contribution in [2.45, 2.75) is 6.92 Å². The summed E-state index contributed by atoms with van der Waals surface area (Å²) < 4.78 is 0. The van der Waals surface area contributed by atoms with E-state index in [1.54, 1.807) is 30.6 Å². The minimum absolute atomic E-state index is 0.197. The number of aryl methyl sites for hydroxylation is 1. The van der Waals surface area contributed by atoms with Gasteiger partial charge in [-0.3, -0.25) is 9.78 Å². The zero-order valence-electron chi connectivity index (χ0n) is 8.21. The predicted octanol–water partition coefficient (Wildman–Crippen LogP) is 1.41. The highest BCUT2D eigenvalue weighted by Gasteiger charge is 2.10. The summed E-state index contributed by atoms with van der Waals surface area (Å²) in [5.41, 5.74) is 1.38. The van der Waals surface area contributed by atoms with Gasteiger partial charge in [0.15, 0.2) is 0 Å². The van der Waals surface area contributed by atoms with Gasteiger partial charge in [0.05, 0.1) is 0 Å². The van der Waals surface area contributed by atoms with Gasteiger partial charge < -0.3 is 0 Å². The normalized spacial score (nSPS) is 9.93. The number of hydrogen-bond acceptors (Lipinski definition) is 4. The Morgan fingerprint density at radius 2 is 1.87 bits per heavy atom. The zero-order valence-corrected chi connectivity index (χ0v) is 8.21. The molecule has 4 heteroatoms. The van der Waals surface area contributed by atoms with Gasteiger partial charge >= 0.3 is 0 Å². The summed E-state index contributed by atoms with van der Waals surface area (Å²) in [5.74, 6) is -0.00810. The second-order valence-electron chi connectivity index (χ2n) is 3.09. The molecule has 0 radical (unpaired) electrons. The Morgan fingerprint density at radius 1 is 1.13 bits per heavy atom. The maximum atomic E-state index is 11.8. The lowest BCUT2D eigenvalue weighted by Gasteiger charge is -1.98. The molecule has 0 N–H and O–H groups in total. The van der Waals surface area contributed by atoms with Crippen molar-refractivity contribution >= 4 is 5.78 Å². The third-order valence-electron chi connectivity index (χ3n) is 1.94. The van der Waals surface area contributed by atoms with Gasteiger partial charge in [-0.25, -0.2) is 9.97 Å². The molecule has 0 aliphatic carbocycles. The summed E-state index contributed by atoms with van der Waals surface area (Å²) >= 11 is 0. The molecule has 2 heterocycles. The van der Waals surface area contributed by atoms with E-state index < -0.39 is 0 Å². The molecular weight excluding hydrogens is 190 g/mol. The highest BCUT2D eigenvalue weighted by Crippen LogP contribution is 2.04. The van der Waals surface area contributed by atoms with E-state index in [-0.39, 0.29) is 11.6 Å². The second-order valence-corrected chi connectivity index (χ2v) is 3.09. The van der Waals surface area contributed by atoms with Crippen LogP contribution in [-0.2, 0) is 0 Å². The first-order chi connectivity index (χ1) is 7.27. The molecule has 0 amide bonds. The molecular formula is C11H9N3O. The fourth-order valence-corrected chi connectivity index (χ4v) is 1.15. The van der Waals surface area contributed by atoms with Crippen molar-refractivity contribution in [1.82, 2.24) is 15.0 Å². The number of nitrogens with zero attached hydrogens (tertiary/aromatic N) is 3. The quantitative estimate of drug-likeness (QED) is 0.686. The highest BCUT2D eigenvalue weighted by atomic mass is 16.1. The monoisotopic (exact) mass is 199 g/mol. The molecule has 0 atom stereocenters. The van der Waals surface area contributed by atoms with Crippen molar-refractivity contribution in [1.29, 1.82) is 0 Å². The van der Waals surface area contributed by atoms with E-state index >= 15 is 0 Å². The maximum absolute atomic E-state index is 11.8. The van der Waals surface area contributed by atoms with Crippen LogP contribution in [-0.4, -0.2) is 20.7 Å². The first-order valence-electron chi connectivity index (χ1n) is 4.52. The molecule has 0 aliphatic rings.